The summed E-state index contributed by atoms with van der Waals surface area (Å²) in [5, 5.41) is 10.6. The van der Waals surface area contributed by atoms with E-state index in [2.05, 4.69) is 5.32 Å². The predicted molar refractivity (Wildman–Crippen MR) is 68.8 cm³/mol. The predicted octanol–water partition coefficient (Wildman–Crippen LogP) is 2.09. The van der Waals surface area contributed by atoms with E-state index < -0.39 is 23.4 Å². The van der Waals surface area contributed by atoms with Gasteiger partial charge in [-0.25, -0.2) is 4.39 Å². The Bertz CT molecular complexity index is 379. The van der Waals surface area contributed by atoms with Gasteiger partial charge in [-0.15, -0.1) is 0 Å². The largest absolute Gasteiger partial charge is 0.612 e. The standard InChI is InChI=1S/C12H17FN2OS/c1-8(13)9(2)15-12(14)10-4-6-11(7-5-10)17(3)16/h4-9H,1-3H3,(H2,14,15). The van der Waals surface area contributed by atoms with Crippen LogP contribution in [0.3, 0.4) is 0 Å². The van der Waals surface area contributed by atoms with E-state index in [9.17, 15) is 8.94 Å². The third-order valence-electron chi connectivity index (χ3n) is 2.54. The Balaban J connectivity index is 2.70. The van der Waals surface area contributed by atoms with Gasteiger partial charge >= 0.3 is 0 Å². The Morgan fingerprint density at radius 1 is 1.35 bits per heavy atom. The van der Waals surface area contributed by atoms with E-state index in [4.69, 9.17) is 5.41 Å². The molecule has 0 amide bonds. The van der Waals surface area contributed by atoms with Crippen LogP contribution in [0.2, 0.25) is 0 Å². The Hall–Kier alpha value is -1.07. The first kappa shape index (κ1) is 14.0. The molecule has 5 heteroatoms. The summed E-state index contributed by atoms with van der Waals surface area (Å²) in [6, 6.07) is 6.45. The van der Waals surface area contributed by atoms with E-state index in [-0.39, 0.29) is 5.84 Å². The normalized spacial score (nSPS) is 16.1. The molecular formula is C12H17FN2OS. The molecule has 0 aliphatic rings. The molecule has 0 saturated carbocycles. The van der Waals surface area contributed by atoms with Crippen LogP contribution < -0.4 is 5.32 Å². The smallest absolute Gasteiger partial charge is 0.152 e. The van der Waals surface area contributed by atoms with Gasteiger partial charge in [0.1, 0.15) is 18.3 Å². The minimum absolute atomic E-state index is 0.176. The summed E-state index contributed by atoms with van der Waals surface area (Å²) >= 11 is -1.02. The summed E-state index contributed by atoms with van der Waals surface area (Å²) in [6.07, 6.45) is 0.587. The number of alkyl halides is 1. The third-order valence-corrected chi connectivity index (χ3v) is 3.47. The lowest BCUT2D eigenvalue weighted by Crippen LogP contribution is -2.38. The lowest BCUT2D eigenvalue weighted by Gasteiger charge is -2.17. The second kappa shape index (κ2) is 6.02. The lowest BCUT2D eigenvalue weighted by atomic mass is 10.1. The van der Waals surface area contributed by atoms with Gasteiger partial charge in [0, 0.05) is 5.56 Å². The van der Waals surface area contributed by atoms with Crippen LogP contribution in [-0.2, 0) is 11.2 Å². The van der Waals surface area contributed by atoms with Gasteiger partial charge in [0.05, 0.1) is 6.04 Å². The van der Waals surface area contributed by atoms with Crippen molar-refractivity contribution in [2.24, 2.45) is 0 Å². The second-order valence-corrected chi connectivity index (χ2v) is 5.34. The number of hydrogen-bond acceptors (Lipinski definition) is 2. The van der Waals surface area contributed by atoms with Gasteiger partial charge in [-0.2, -0.15) is 0 Å². The fourth-order valence-corrected chi connectivity index (χ4v) is 1.76. The lowest BCUT2D eigenvalue weighted by molar-refractivity contribution is 0.302. The number of halogens is 1. The molecule has 94 valence electrons. The summed E-state index contributed by atoms with van der Waals surface area (Å²) in [6.45, 7) is 3.14. The van der Waals surface area contributed by atoms with E-state index in [0.29, 0.717) is 10.5 Å². The highest BCUT2D eigenvalue weighted by Gasteiger charge is 2.13. The quantitative estimate of drug-likeness (QED) is 0.492. The van der Waals surface area contributed by atoms with Crippen molar-refractivity contribution in [3.63, 3.8) is 0 Å². The Labute approximate surface area is 104 Å². The van der Waals surface area contributed by atoms with E-state index in [1.54, 1.807) is 37.4 Å². The highest BCUT2D eigenvalue weighted by Crippen LogP contribution is 2.10. The summed E-state index contributed by atoms with van der Waals surface area (Å²) in [4.78, 5) is 0.716. The minimum atomic E-state index is -1.02. The summed E-state index contributed by atoms with van der Waals surface area (Å²) in [7, 11) is 0. The summed E-state index contributed by atoms with van der Waals surface area (Å²) in [5.74, 6) is 0.176. The zero-order valence-corrected chi connectivity index (χ0v) is 11.0. The monoisotopic (exact) mass is 256 g/mol. The van der Waals surface area contributed by atoms with Crippen molar-refractivity contribution >= 4 is 17.0 Å². The van der Waals surface area contributed by atoms with Gasteiger partial charge in [0.2, 0.25) is 0 Å². The highest BCUT2D eigenvalue weighted by atomic mass is 32.2. The second-order valence-electron chi connectivity index (χ2n) is 3.96. The van der Waals surface area contributed by atoms with E-state index in [1.807, 2.05) is 0 Å². The van der Waals surface area contributed by atoms with Crippen molar-refractivity contribution in [3.8, 4) is 0 Å². The van der Waals surface area contributed by atoms with Gasteiger partial charge in [-0.3, -0.25) is 5.41 Å². The summed E-state index contributed by atoms with van der Waals surface area (Å²) in [5.41, 5.74) is 0.659. The molecule has 0 fully saturated rings. The fraction of sp³-hybridized carbons (Fsp3) is 0.417. The van der Waals surface area contributed by atoms with E-state index in [1.165, 1.54) is 6.92 Å². The molecule has 1 aromatic rings. The molecule has 0 radical (unpaired) electrons. The van der Waals surface area contributed by atoms with Crippen LogP contribution >= 0.6 is 0 Å². The molecule has 0 aliphatic carbocycles. The molecule has 0 aromatic heterocycles. The van der Waals surface area contributed by atoms with Crippen LogP contribution in [0.4, 0.5) is 4.39 Å². The zero-order valence-electron chi connectivity index (χ0n) is 10.2. The molecule has 3 unspecified atom stereocenters. The Morgan fingerprint density at radius 2 is 1.88 bits per heavy atom. The molecule has 0 bridgehead atoms. The van der Waals surface area contributed by atoms with Crippen molar-refractivity contribution in [2.75, 3.05) is 6.26 Å². The molecule has 0 spiro atoms. The molecule has 1 aromatic carbocycles. The van der Waals surface area contributed by atoms with Gasteiger partial charge < -0.3 is 9.87 Å². The van der Waals surface area contributed by atoms with Crippen LogP contribution in [-0.4, -0.2) is 28.9 Å². The molecule has 3 nitrogen and oxygen atoms in total. The Kier molecular flexibility index (Phi) is 4.96. The van der Waals surface area contributed by atoms with Crippen LogP contribution in [0.25, 0.3) is 0 Å². The number of amidine groups is 1. The van der Waals surface area contributed by atoms with E-state index >= 15 is 0 Å². The Morgan fingerprint density at radius 3 is 2.29 bits per heavy atom. The maximum Gasteiger partial charge on any atom is 0.152 e. The number of rotatable bonds is 4. The summed E-state index contributed by atoms with van der Waals surface area (Å²) < 4.78 is 24.1. The highest BCUT2D eigenvalue weighted by molar-refractivity contribution is 7.90. The third kappa shape index (κ3) is 4.02. The first-order valence-corrected chi connectivity index (χ1v) is 6.90. The molecule has 2 N–H and O–H groups in total. The van der Waals surface area contributed by atoms with Crippen molar-refractivity contribution < 1.29 is 8.94 Å². The molecule has 0 heterocycles. The number of benzene rings is 1. The topological polar surface area (TPSA) is 58.9 Å². The average Bonchev–Trinajstić information content (AvgIpc) is 2.28. The van der Waals surface area contributed by atoms with Crippen molar-refractivity contribution in [2.45, 2.75) is 31.0 Å². The van der Waals surface area contributed by atoms with Crippen molar-refractivity contribution in [1.82, 2.24) is 5.32 Å². The number of hydrogen-bond donors (Lipinski definition) is 2. The first-order chi connectivity index (χ1) is 7.91. The van der Waals surface area contributed by atoms with Gasteiger partial charge in [-0.1, -0.05) is 0 Å². The molecule has 3 atom stereocenters. The average molecular weight is 256 g/mol. The maximum absolute atomic E-state index is 12.9. The SMILES string of the molecule is CC(F)C(C)NC(=N)c1ccc([S+](C)[O-])cc1. The fourth-order valence-electron chi connectivity index (χ4n) is 1.24. The van der Waals surface area contributed by atoms with Crippen LogP contribution in [0.15, 0.2) is 29.2 Å². The molecule has 0 saturated heterocycles. The molecule has 1 rings (SSSR count). The zero-order chi connectivity index (χ0) is 13.0. The van der Waals surface area contributed by atoms with Crippen LogP contribution in [0.5, 0.6) is 0 Å². The van der Waals surface area contributed by atoms with Crippen LogP contribution in [0, 0.1) is 5.41 Å². The van der Waals surface area contributed by atoms with Gasteiger partial charge in [0.25, 0.3) is 0 Å². The van der Waals surface area contributed by atoms with Crippen molar-refractivity contribution in [3.05, 3.63) is 29.8 Å². The van der Waals surface area contributed by atoms with Crippen molar-refractivity contribution in [1.29, 1.82) is 5.41 Å². The maximum atomic E-state index is 12.9. The molecular weight excluding hydrogens is 239 g/mol. The molecule has 17 heavy (non-hydrogen) atoms. The first-order valence-electron chi connectivity index (χ1n) is 5.35. The molecule has 0 aliphatic heterocycles. The van der Waals surface area contributed by atoms with E-state index in [0.717, 1.165) is 0 Å². The number of nitrogens with one attached hydrogen (secondary N) is 2. The minimum Gasteiger partial charge on any atom is -0.612 e. The van der Waals surface area contributed by atoms with Gasteiger partial charge in [-0.05, 0) is 49.3 Å². The van der Waals surface area contributed by atoms with Crippen LogP contribution in [0.1, 0.15) is 19.4 Å². The van der Waals surface area contributed by atoms with Gasteiger partial charge in [0.15, 0.2) is 4.90 Å².